The third-order valence-electron chi connectivity index (χ3n) is 4.48. The minimum Gasteiger partial charge on any atom is -0.445 e. The molecule has 0 radical (unpaired) electrons. The fourth-order valence-corrected chi connectivity index (χ4v) is 3.26. The normalized spacial score (nSPS) is 12.1. The van der Waals surface area contributed by atoms with Gasteiger partial charge in [0.05, 0.1) is 11.9 Å². The first-order chi connectivity index (χ1) is 13.1. The number of nitrogens with zero attached hydrogens (tertiary/aromatic N) is 4. The van der Waals surface area contributed by atoms with Crippen molar-refractivity contribution in [1.82, 2.24) is 19.4 Å². The Labute approximate surface area is 163 Å². The summed E-state index contributed by atoms with van der Waals surface area (Å²) in [6.45, 7) is 2.81. The van der Waals surface area contributed by atoms with Crippen LogP contribution in [0, 0.1) is 0 Å². The highest BCUT2D eigenvalue weighted by molar-refractivity contribution is 6.16. The zero-order valence-electron chi connectivity index (χ0n) is 15.5. The highest BCUT2D eigenvalue weighted by Crippen LogP contribution is 2.23. The quantitative estimate of drug-likeness (QED) is 0.565. The zero-order chi connectivity index (χ0) is 19.2. The molecule has 2 heterocycles. The summed E-state index contributed by atoms with van der Waals surface area (Å²) in [4.78, 5) is 23.0. The molecule has 3 rings (SSSR count). The van der Waals surface area contributed by atoms with E-state index in [0.29, 0.717) is 6.54 Å². The molecule has 0 aliphatic rings. The maximum atomic E-state index is 12.4. The van der Waals surface area contributed by atoms with Crippen LogP contribution in [0.1, 0.15) is 30.8 Å². The Bertz CT molecular complexity index is 897. The molecule has 1 amide bonds. The number of hydrogen-bond donors (Lipinski definition) is 0. The largest absolute Gasteiger partial charge is 0.445 e. The summed E-state index contributed by atoms with van der Waals surface area (Å²) < 4.78 is 7.45. The molecule has 1 aromatic carbocycles. The molecule has 0 aliphatic carbocycles. The highest BCUT2D eigenvalue weighted by Gasteiger charge is 2.22. The molecule has 0 saturated heterocycles. The minimum absolute atomic E-state index is 0.00734. The van der Waals surface area contributed by atoms with Crippen LogP contribution < -0.4 is 0 Å². The molecule has 142 valence electrons. The molecule has 0 spiro atoms. The number of aromatic nitrogens is 3. The summed E-state index contributed by atoms with van der Waals surface area (Å²) in [5.74, 6) is 1.04. The van der Waals surface area contributed by atoms with E-state index in [-0.39, 0.29) is 24.6 Å². The van der Waals surface area contributed by atoms with Crippen LogP contribution in [0.25, 0.3) is 11.2 Å². The van der Waals surface area contributed by atoms with Gasteiger partial charge in [0.15, 0.2) is 5.65 Å². The van der Waals surface area contributed by atoms with Gasteiger partial charge in [0.2, 0.25) is 0 Å². The molecule has 6 nitrogen and oxygen atoms in total. The Balaban J connectivity index is 1.72. The second-order valence-electron chi connectivity index (χ2n) is 6.36. The minimum atomic E-state index is -0.359. The number of amides is 1. The number of alkyl halides is 1. The second-order valence-corrected chi connectivity index (χ2v) is 6.63. The van der Waals surface area contributed by atoms with Crippen LogP contribution in [-0.4, -0.2) is 39.1 Å². The van der Waals surface area contributed by atoms with Crippen LogP contribution >= 0.6 is 11.6 Å². The predicted molar refractivity (Wildman–Crippen MR) is 106 cm³/mol. The van der Waals surface area contributed by atoms with E-state index in [9.17, 15) is 4.79 Å². The van der Waals surface area contributed by atoms with E-state index in [0.717, 1.165) is 29.0 Å². The topological polar surface area (TPSA) is 60.2 Å². The first kappa shape index (κ1) is 19.2. The number of likely N-dealkylation sites (N-methyl/N-ethyl adjacent to an activating group) is 1. The van der Waals surface area contributed by atoms with Gasteiger partial charge < -0.3 is 14.2 Å². The molecule has 1 atom stereocenters. The molecule has 0 saturated carbocycles. The standard InChI is InChI=1S/C20H23ClN4O2/c1-3-16(25-18(12-21)23-17-10-7-11-22-19(17)25)13-24(2)20(26)27-14-15-8-5-4-6-9-15/h4-11,16H,3,12-14H2,1-2H3. The van der Waals surface area contributed by atoms with E-state index < -0.39 is 0 Å². The molecule has 3 aromatic rings. The first-order valence-corrected chi connectivity index (χ1v) is 9.47. The summed E-state index contributed by atoms with van der Waals surface area (Å²) >= 11 is 6.10. The van der Waals surface area contributed by atoms with Gasteiger partial charge in [0.25, 0.3) is 0 Å². The van der Waals surface area contributed by atoms with Crippen molar-refractivity contribution in [3.8, 4) is 0 Å². The third kappa shape index (κ3) is 4.39. The molecule has 0 aliphatic heterocycles. The van der Waals surface area contributed by atoms with E-state index in [2.05, 4.69) is 16.9 Å². The number of imidazole rings is 1. The van der Waals surface area contributed by atoms with Crippen LogP contribution in [0.15, 0.2) is 48.7 Å². The summed E-state index contributed by atoms with van der Waals surface area (Å²) in [6, 6.07) is 13.4. The highest BCUT2D eigenvalue weighted by atomic mass is 35.5. The van der Waals surface area contributed by atoms with Gasteiger partial charge in [-0.25, -0.2) is 14.8 Å². The molecule has 0 fully saturated rings. The predicted octanol–water partition coefficient (Wildman–Crippen LogP) is 4.39. The van der Waals surface area contributed by atoms with E-state index in [4.69, 9.17) is 16.3 Å². The number of halogens is 1. The number of rotatable bonds is 7. The fourth-order valence-electron chi connectivity index (χ4n) is 3.07. The van der Waals surface area contributed by atoms with E-state index in [1.54, 1.807) is 18.1 Å². The molecule has 0 bridgehead atoms. The summed E-state index contributed by atoms with van der Waals surface area (Å²) in [6.07, 6.45) is 2.19. The Morgan fingerprint density at radius 3 is 2.74 bits per heavy atom. The van der Waals surface area contributed by atoms with Crippen LogP contribution in [0.3, 0.4) is 0 Å². The average Bonchev–Trinajstić information content (AvgIpc) is 3.09. The lowest BCUT2D eigenvalue weighted by Crippen LogP contribution is -2.33. The number of benzene rings is 1. The van der Waals surface area contributed by atoms with Crippen molar-refractivity contribution in [2.45, 2.75) is 31.9 Å². The number of ether oxygens (including phenoxy) is 1. The Hall–Kier alpha value is -2.60. The molecular formula is C20H23ClN4O2. The molecule has 1 unspecified atom stereocenters. The van der Waals surface area contributed by atoms with Gasteiger partial charge in [-0.15, -0.1) is 11.6 Å². The van der Waals surface area contributed by atoms with Crippen LogP contribution in [0.2, 0.25) is 0 Å². The van der Waals surface area contributed by atoms with Crippen molar-refractivity contribution in [1.29, 1.82) is 0 Å². The number of fused-ring (bicyclic) bond motifs is 1. The smallest absolute Gasteiger partial charge is 0.409 e. The van der Waals surface area contributed by atoms with Gasteiger partial charge in [-0.3, -0.25) is 0 Å². The van der Waals surface area contributed by atoms with Crippen LogP contribution in [0.5, 0.6) is 0 Å². The number of pyridine rings is 1. The maximum absolute atomic E-state index is 12.4. The van der Waals surface area contributed by atoms with Gasteiger partial charge in [0, 0.05) is 19.8 Å². The Morgan fingerprint density at radius 1 is 1.26 bits per heavy atom. The Morgan fingerprint density at radius 2 is 2.04 bits per heavy atom. The van der Waals surface area contributed by atoms with Crippen molar-refractivity contribution in [2.75, 3.05) is 13.6 Å². The summed E-state index contributed by atoms with van der Waals surface area (Å²) in [7, 11) is 1.74. The SMILES string of the molecule is CCC(CN(C)C(=O)OCc1ccccc1)n1c(CCl)nc2cccnc21. The number of carbonyl (C=O) groups excluding carboxylic acids is 1. The van der Waals surface area contributed by atoms with Crippen molar-refractivity contribution in [3.05, 3.63) is 60.0 Å². The Kier molecular flexibility index (Phi) is 6.29. The van der Waals surface area contributed by atoms with Gasteiger partial charge in [-0.05, 0) is 24.1 Å². The lowest BCUT2D eigenvalue weighted by molar-refractivity contribution is 0.0996. The lowest BCUT2D eigenvalue weighted by atomic mass is 10.2. The zero-order valence-corrected chi connectivity index (χ0v) is 16.3. The molecule has 0 N–H and O–H groups in total. The fraction of sp³-hybridized carbons (Fsp3) is 0.350. The number of carbonyl (C=O) groups is 1. The average molecular weight is 387 g/mol. The van der Waals surface area contributed by atoms with Crippen molar-refractivity contribution < 1.29 is 9.53 Å². The lowest BCUT2D eigenvalue weighted by Gasteiger charge is -2.25. The van der Waals surface area contributed by atoms with Gasteiger partial charge in [-0.1, -0.05) is 37.3 Å². The van der Waals surface area contributed by atoms with Crippen molar-refractivity contribution in [2.24, 2.45) is 0 Å². The summed E-state index contributed by atoms with van der Waals surface area (Å²) in [5.41, 5.74) is 2.55. The molecular weight excluding hydrogens is 364 g/mol. The number of hydrogen-bond acceptors (Lipinski definition) is 4. The van der Waals surface area contributed by atoms with Gasteiger partial charge in [-0.2, -0.15) is 0 Å². The van der Waals surface area contributed by atoms with Crippen LogP contribution in [0.4, 0.5) is 4.79 Å². The van der Waals surface area contributed by atoms with E-state index in [1.165, 1.54) is 0 Å². The first-order valence-electron chi connectivity index (χ1n) is 8.93. The molecule has 2 aromatic heterocycles. The van der Waals surface area contributed by atoms with E-state index in [1.807, 2.05) is 47.0 Å². The monoisotopic (exact) mass is 386 g/mol. The van der Waals surface area contributed by atoms with Crippen molar-refractivity contribution >= 4 is 28.9 Å². The van der Waals surface area contributed by atoms with E-state index >= 15 is 0 Å². The van der Waals surface area contributed by atoms with Crippen molar-refractivity contribution in [3.63, 3.8) is 0 Å². The summed E-state index contributed by atoms with van der Waals surface area (Å²) in [5, 5.41) is 0. The van der Waals surface area contributed by atoms with Gasteiger partial charge >= 0.3 is 6.09 Å². The van der Waals surface area contributed by atoms with Gasteiger partial charge in [0.1, 0.15) is 17.9 Å². The van der Waals surface area contributed by atoms with Crippen LogP contribution in [-0.2, 0) is 17.2 Å². The second kappa shape index (κ2) is 8.86. The molecule has 27 heavy (non-hydrogen) atoms. The molecule has 7 heteroatoms. The maximum Gasteiger partial charge on any atom is 0.409 e. The third-order valence-corrected chi connectivity index (χ3v) is 4.72.